The van der Waals surface area contributed by atoms with Crippen LogP contribution in [-0.2, 0) is 6.54 Å². The molecule has 4 rings (SSSR count). The predicted molar refractivity (Wildman–Crippen MR) is 84.7 cm³/mol. The van der Waals surface area contributed by atoms with Crippen LogP contribution in [0.3, 0.4) is 0 Å². The molecule has 0 atom stereocenters. The number of likely N-dealkylation sites (tertiary alicyclic amines) is 1. The van der Waals surface area contributed by atoms with Crippen LogP contribution in [0.2, 0.25) is 0 Å². The summed E-state index contributed by atoms with van der Waals surface area (Å²) in [5, 5.41) is 3.48. The fourth-order valence-corrected chi connectivity index (χ4v) is 3.77. The van der Waals surface area contributed by atoms with E-state index < -0.39 is 0 Å². The Labute approximate surface area is 131 Å². The summed E-state index contributed by atoms with van der Waals surface area (Å²) in [6.45, 7) is 5.84. The minimum Gasteiger partial charge on any atom is -0.317 e. The van der Waals surface area contributed by atoms with Crippen molar-refractivity contribution in [1.82, 2.24) is 24.6 Å². The summed E-state index contributed by atoms with van der Waals surface area (Å²) in [6, 6.07) is 0. The number of rotatable bonds is 2. The molecule has 0 amide bonds. The Morgan fingerprint density at radius 2 is 2.05 bits per heavy atom. The van der Waals surface area contributed by atoms with Crippen LogP contribution in [0.15, 0.2) is 24.8 Å². The van der Waals surface area contributed by atoms with E-state index in [1.807, 2.05) is 24.8 Å². The molecule has 0 radical (unpaired) electrons. The highest BCUT2D eigenvalue weighted by atomic mass is 35.5. The van der Waals surface area contributed by atoms with Crippen LogP contribution < -0.4 is 5.32 Å². The molecule has 21 heavy (non-hydrogen) atoms. The summed E-state index contributed by atoms with van der Waals surface area (Å²) in [4.78, 5) is 11.1. The second kappa shape index (κ2) is 5.91. The molecule has 4 heterocycles. The Morgan fingerprint density at radius 1 is 1.19 bits per heavy atom. The van der Waals surface area contributed by atoms with Crippen molar-refractivity contribution >= 4 is 18.1 Å². The van der Waals surface area contributed by atoms with Crippen molar-refractivity contribution in [2.24, 2.45) is 5.41 Å². The monoisotopic (exact) mass is 307 g/mol. The van der Waals surface area contributed by atoms with Gasteiger partial charge in [-0.1, -0.05) is 0 Å². The van der Waals surface area contributed by atoms with Gasteiger partial charge in [-0.05, 0) is 44.3 Å². The molecule has 0 bridgehead atoms. The second-order valence-corrected chi connectivity index (χ2v) is 6.26. The summed E-state index contributed by atoms with van der Waals surface area (Å²) in [6.07, 6.45) is 11.7. The molecule has 0 aromatic carbocycles. The quantitative estimate of drug-likeness (QED) is 0.918. The standard InChI is InChI=1S/C15H21N5.ClH/c1-4-16-5-2-15(1)3-7-19(12-15)11-13-9-18-14-10-17-6-8-20(13)14;/h6,8-10,16H,1-5,7,11-12H2;1H. The molecule has 0 unspecified atom stereocenters. The molecule has 5 nitrogen and oxygen atoms in total. The number of nitrogens with one attached hydrogen (secondary N) is 1. The van der Waals surface area contributed by atoms with Gasteiger partial charge in [0, 0.05) is 25.5 Å². The Bertz CT molecular complexity index is 605. The van der Waals surface area contributed by atoms with Gasteiger partial charge in [-0.15, -0.1) is 12.4 Å². The van der Waals surface area contributed by atoms with Crippen molar-refractivity contribution in [2.75, 3.05) is 26.2 Å². The molecule has 6 heteroatoms. The van der Waals surface area contributed by atoms with Gasteiger partial charge >= 0.3 is 0 Å². The number of nitrogens with zero attached hydrogens (tertiary/aromatic N) is 4. The molecule has 114 valence electrons. The number of piperidine rings is 1. The molecule has 0 saturated carbocycles. The molecule has 2 aromatic heterocycles. The van der Waals surface area contributed by atoms with Crippen LogP contribution >= 0.6 is 12.4 Å². The highest BCUT2D eigenvalue weighted by Crippen LogP contribution is 2.38. The summed E-state index contributed by atoms with van der Waals surface area (Å²) < 4.78 is 2.15. The molecule has 2 saturated heterocycles. The Morgan fingerprint density at radius 3 is 2.90 bits per heavy atom. The Hall–Kier alpha value is -1.17. The number of fused-ring (bicyclic) bond motifs is 1. The maximum atomic E-state index is 4.43. The normalized spacial score (nSPS) is 21.7. The third kappa shape index (κ3) is 2.78. The van der Waals surface area contributed by atoms with Crippen LogP contribution in [0, 0.1) is 5.41 Å². The highest BCUT2D eigenvalue weighted by Gasteiger charge is 2.38. The van der Waals surface area contributed by atoms with E-state index >= 15 is 0 Å². The largest absolute Gasteiger partial charge is 0.317 e. The first-order valence-corrected chi connectivity index (χ1v) is 7.54. The topological polar surface area (TPSA) is 45.5 Å². The van der Waals surface area contributed by atoms with Crippen LogP contribution in [0.25, 0.3) is 5.65 Å². The van der Waals surface area contributed by atoms with Gasteiger partial charge in [0.2, 0.25) is 0 Å². The van der Waals surface area contributed by atoms with Crippen molar-refractivity contribution in [3.63, 3.8) is 0 Å². The van der Waals surface area contributed by atoms with Gasteiger partial charge in [0.15, 0.2) is 5.65 Å². The van der Waals surface area contributed by atoms with E-state index in [0.29, 0.717) is 5.41 Å². The van der Waals surface area contributed by atoms with E-state index in [9.17, 15) is 0 Å². The third-order valence-corrected chi connectivity index (χ3v) is 4.96. The van der Waals surface area contributed by atoms with Gasteiger partial charge in [-0.3, -0.25) is 14.3 Å². The lowest BCUT2D eigenvalue weighted by atomic mass is 9.78. The van der Waals surface area contributed by atoms with E-state index in [4.69, 9.17) is 0 Å². The lowest BCUT2D eigenvalue weighted by Gasteiger charge is -2.33. The van der Waals surface area contributed by atoms with Crippen molar-refractivity contribution < 1.29 is 0 Å². The fraction of sp³-hybridized carbons (Fsp3) is 0.600. The van der Waals surface area contributed by atoms with E-state index in [-0.39, 0.29) is 12.4 Å². The maximum Gasteiger partial charge on any atom is 0.155 e. The van der Waals surface area contributed by atoms with Gasteiger partial charge < -0.3 is 5.32 Å². The molecular formula is C15H22ClN5. The van der Waals surface area contributed by atoms with E-state index in [0.717, 1.165) is 12.2 Å². The molecule has 0 aliphatic carbocycles. The van der Waals surface area contributed by atoms with E-state index in [1.165, 1.54) is 51.1 Å². The first-order chi connectivity index (χ1) is 9.85. The molecule has 2 aromatic rings. The summed E-state index contributed by atoms with van der Waals surface area (Å²) >= 11 is 0. The zero-order valence-corrected chi connectivity index (χ0v) is 13.0. The molecule has 2 aliphatic rings. The lowest BCUT2D eigenvalue weighted by molar-refractivity contribution is 0.193. The van der Waals surface area contributed by atoms with Gasteiger partial charge in [0.25, 0.3) is 0 Å². The Kier molecular flexibility index (Phi) is 4.15. The number of imidazole rings is 1. The minimum absolute atomic E-state index is 0. The highest BCUT2D eigenvalue weighted by molar-refractivity contribution is 5.85. The number of halogens is 1. The first-order valence-electron chi connectivity index (χ1n) is 7.54. The zero-order valence-electron chi connectivity index (χ0n) is 12.2. The van der Waals surface area contributed by atoms with E-state index in [2.05, 4.69) is 24.6 Å². The SMILES string of the molecule is Cl.c1cn2c(CN3CCC4(CCNCC4)C3)cnc2cn1. The van der Waals surface area contributed by atoms with Crippen molar-refractivity contribution in [3.05, 3.63) is 30.5 Å². The number of hydrogen-bond acceptors (Lipinski definition) is 4. The summed E-state index contributed by atoms with van der Waals surface area (Å²) in [5.74, 6) is 0. The van der Waals surface area contributed by atoms with Gasteiger partial charge in [0.05, 0.1) is 18.1 Å². The van der Waals surface area contributed by atoms with E-state index in [1.54, 1.807) is 0 Å². The number of hydrogen-bond donors (Lipinski definition) is 1. The molecular weight excluding hydrogens is 286 g/mol. The van der Waals surface area contributed by atoms with Crippen LogP contribution in [0.4, 0.5) is 0 Å². The van der Waals surface area contributed by atoms with Crippen LogP contribution in [0.5, 0.6) is 0 Å². The first kappa shape index (κ1) is 14.8. The van der Waals surface area contributed by atoms with Crippen molar-refractivity contribution in [2.45, 2.75) is 25.8 Å². The second-order valence-electron chi connectivity index (χ2n) is 6.26. The molecule has 1 N–H and O–H groups in total. The van der Waals surface area contributed by atoms with Gasteiger partial charge in [-0.2, -0.15) is 0 Å². The zero-order chi connectivity index (χ0) is 13.4. The van der Waals surface area contributed by atoms with Gasteiger partial charge in [0.1, 0.15) is 0 Å². The molecule has 1 spiro atoms. The lowest BCUT2D eigenvalue weighted by Crippen LogP contribution is -2.38. The predicted octanol–water partition coefficient (Wildman–Crippen LogP) is 1.73. The minimum atomic E-state index is 0. The van der Waals surface area contributed by atoms with Crippen LogP contribution in [-0.4, -0.2) is 45.4 Å². The van der Waals surface area contributed by atoms with Crippen molar-refractivity contribution in [1.29, 1.82) is 0 Å². The van der Waals surface area contributed by atoms with Crippen LogP contribution in [0.1, 0.15) is 25.0 Å². The average Bonchev–Trinajstić information content (AvgIpc) is 3.06. The molecule has 2 fully saturated rings. The fourth-order valence-electron chi connectivity index (χ4n) is 3.77. The molecule has 2 aliphatic heterocycles. The number of aromatic nitrogens is 3. The van der Waals surface area contributed by atoms with Crippen molar-refractivity contribution in [3.8, 4) is 0 Å². The Balaban J connectivity index is 0.00000132. The average molecular weight is 308 g/mol. The smallest absolute Gasteiger partial charge is 0.155 e. The third-order valence-electron chi connectivity index (χ3n) is 4.96. The maximum absolute atomic E-state index is 4.43. The van der Waals surface area contributed by atoms with Gasteiger partial charge in [-0.25, -0.2) is 4.98 Å². The summed E-state index contributed by atoms with van der Waals surface area (Å²) in [5.41, 5.74) is 2.79. The summed E-state index contributed by atoms with van der Waals surface area (Å²) in [7, 11) is 0.